The predicted molar refractivity (Wildman–Crippen MR) is 94.6 cm³/mol. The van der Waals surface area contributed by atoms with Gasteiger partial charge in [-0.25, -0.2) is 4.79 Å². The zero-order chi connectivity index (χ0) is 17.8. The number of rotatable bonds is 10. The van der Waals surface area contributed by atoms with Crippen LogP contribution in [0.15, 0.2) is 30.4 Å². The highest BCUT2D eigenvalue weighted by atomic mass is 35.5. The second-order valence-electron chi connectivity index (χ2n) is 4.45. The zero-order valence-electron chi connectivity index (χ0n) is 13.6. The Morgan fingerprint density at radius 1 is 1.17 bits per heavy atom. The summed E-state index contributed by atoms with van der Waals surface area (Å²) in [5, 5.41) is 0.735. The van der Waals surface area contributed by atoms with E-state index in [1.807, 2.05) is 0 Å². The fourth-order valence-electron chi connectivity index (χ4n) is 1.61. The third-order valence-corrected chi connectivity index (χ3v) is 3.22. The summed E-state index contributed by atoms with van der Waals surface area (Å²) in [5.74, 6) is -0.0367. The van der Waals surface area contributed by atoms with Gasteiger partial charge in [0.25, 0.3) is 0 Å². The van der Waals surface area contributed by atoms with E-state index in [9.17, 15) is 4.79 Å². The van der Waals surface area contributed by atoms with Crippen molar-refractivity contribution < 1.29 is 23.7 Å². The average molecular weight is 375 g/mol. The Morgan fingerprint density at radius 3 is 2.50 bits per heavy atom. The average Bonchev–Trinajstić information content (AvgIpc) is 2.54. The van der Waals surface area contributed by atoms with Crippen molar-refractivity contribution in [3.63, 3.8) is 0 Å². The number of benzene rings is 1. The molecule has 0 amide bonds. The van der Waals surface area contributed by atoms with E-state index in [0.717, 1.165) is 5.56 Å². The third-order valence-electron chi connectivity index (χ3n) is 2.66. The van der Waals surface area contributed by atoms with Crippen LogP contribution in [0.25, 0.3) is 6.08 Å². The first kappa shape index (κ1) is 20.5. The van der Waals surface area contributed by atoms with Crippen LogP contribution in [0.4, 0.5) is 0 Å². The normalized spacial score (nSPS) is 11.3. The number of halogens is 2. The summed E-state index contributed by atoms with van der Waals surface area (Å²) in [6.07, 6.45) is 6.35. The molecule has 0 spiro atoms. The summed E-state index contributed by atoms with van der Waals surface area (Å²) in [5.41, 5.74) is 0.770. The molecule has 0 atom stereocenters. The smallest absolute Gasteiger partial charge is 0.330 e. The number of carbonyl (C=O) groups is 1. The molecule has 0 saturated carbocycles. The van der Waals surface area contributed by atoms with Crippen LogP contribution >= 0.6 is 23.2 Å². The Bertz CT molecular complexity index is 561. The number of carbonyl (C=O) groups excluding carboxylic acids is 1. The molecule has 24 heavy (non-hydrogen) atoms. The van der Waals surface area contributed by atoms with E-state index in [4.69, 9.17) is 42.1 Å². The van der Waals surface area contributed by atoms with E-state index in [-0.39, 0.29) is 6.79 Å². The Labute approximate surface area is 151 Å². The molecule has 0 heterocycles. The number of hydrogen-bond donors (Lipinski definition) is 0. The van der Waals surface area contributed by atoms with Crippen LogP contribution in [0.3, 0.4) is 0 Å². The highest BCUT2D eigenvalue weighted by Crippen LogP contribution is 2.34. The minimum absolute atomic E-state index is 0.0280. The highest BCUT2D eigenvalue weighted by molar-refractivity contribution is 6.37. The maximum atomic E-state index is 11.2. The SMILES string of the molecule is CCOC(=O)/C=C/C=C/c1cc(Cl)c(OCOCCOC)c(Cl)c1. The number of allylic oxidation sites excluding steroid dienone is 2. The van der Waals surface area contributed by atoms with Gasteiger partial charge in [-0.3, -0.25) is 0 Å². The highest BCUT2D eigenvalue weighted by Gasteiger charge is 2.08. The van der Waals surface area contributed by atoms with E-state index in [2.05, 4.69) is 0 Å². The molecule has 1 rings (SSSR count). The van der Waals surface area contributed by atoms with Crippen molar-refractivity contribution in [2.24, 2.45) is 0 Å². The molecule has 0 aliphatic rings. The number of ether oxygens (including phenoxy) is 4. The van der Waals surface area contributed by atoms with Crippen LogP contribution in [-0.4, -0.2) is 39.7 Å². The molecule has 132 valence electrons. The Hall–Kier alpha value is -1.53. The number of esters is 1. The first-order valence-corrected chi connectivity index (χ1v) is 8.04. The first-order chi connectivity index (χ1) is 11.6. The van der Waals surface area contributed by atoms with E-state index < -0.39 is 5.97 Å². The molecule has 0 fully saturated rings. The molecule has 0 radical (unpaired) electrons. The quantitative estimate of drug-likeness (QED) is 0.202. The second kappa shape index (κ2) is 11.9. The van der Waals surface area contributed by atoms with Crippen LogP contribution in [0.2, 0.25) is 10.0 Å². The molecular formula is C17H20Cl2O5. The molecule has 0 saturated heterocycles. The predicted octanol–water partition coefficient (Wildman–Crippen LogP) is 4.13. The maximum Gasteiger partial charge on any atom is 0.330 e. The van der Waals surface area contributed by atoms with E-state index >= 15 is 0 Å². The van der Waals surface area contributed by atoms with Crippen molar-refractivity contribution in [1.82, 2.24) is 0 Å². The molecule has 0 aliphatic carbocycles. The molecule has 1 aromatic rings. The van der Waals surface area contributed by atoms with Gasteiger partial charge in [0, 0.05) is 13.2 Å². The van der Waals surface area contributed by atoms with E-state index in [1.165, 1.54) is 6.08 Å². The van der Waals surface area contributed by atoms with Crippen molar-refractivity contribution in [1.29, 1.82) is 0 Å². The molecule has 0 aromatic heterocycles. The maximum absolute atomic E-state index is 11.2. The lowest BCUT2D eigenvalue weighted by atomic mass is 10.2. The zero-order valence-corrected chi connectivity index (χ0v) is 15.1. The second-order valence-corrected chi connectivity index (χ2v) is 5.26. The van der Waals surface area contributed by atoms with Crippen molar-refractivity contribution in [3.05, 3.63) is 46.0 Å². The van der Waals surface area contributed by atoms with E-state index in [1.54, 1.807) is 44.4 Å². The molecule has 5 nitrogen and oxygen atoms in total. The van der Waals surface area contributed by atoms with Gasteiger partial charge in [0.1, 0.15) is 0 Å². The van der Waals surface area contributed by atoms with Gasteiger partial charge in [0.2, 0.25) is 0 Å². The topological polar surface area (TPSA) is 54.0 Å². The van der Waals surface area contributed by atoms with Crippen molar-refractivity contribution in [2.75, 3.05) is 33.7 Å². The van der Waals surface area contributed by atoms with Crippen LogP contribution in [-0.2, 0) is 19.0 Å². The van der Waals surface area contributed by atoms with Gasteiger partial charge in [0.15, 0.2) is 12.5 Å². The lowest BCUT2D eigenvalue weighted by Crippen LogP contribution is -2.08. The Balaban J connectivity index is 2.61. The number of hydrogen-bond acceptors (Lipinski definition) is 5. The summed E-state index contributed by atoms with van der Waals surface area (Å²) in [6.45, 7) is 3.01. The van der Waals surface area contributed by atoms with Crippen LogP contribution < -0.4 is 4.74 Å². The standard InChI is InChI=1S/C17H20Cl2O5/c1-3-23-16(20)7-5-4-6-13-10-14(18)17(15(19)11-13)24-12-22-9-8-21-2/h4-7,10-11H,3,8-9,12H2,1-2H3/b6-4+,7-5+. The molecule has 1 aromatic carbocycles. The van der Waals surface area contributed by atoms with Gasteiger partial charge in [-0.2, -0.15) is 0 Å². The van der Waals surface area contributed by atoms with Crippen LogP contribution in [0.5, 0.6) is 5.75 Å². The van der Waals surface area contributed by atoms with E-state index in [0.29, 0.717) is 35.6 Å². The van der Waals surface area contributed by atoms with Gasteiger partial charge in [0.05, 0.1) is 29.9 Å². The van der Waals surface area contributed by atoms with Gasteiger partial charge in [-0.05, 0) is 24.6 Å². The molecule has 7 heteroatoms. The van der Waals surface area contributed by atoms with Gasteiger partial charge in [-0.1, -0.05) is 41.4 Å². The van der Waals surface area contributed by atoms with Gasteiger partial charge < -0.3 is 18.9 Å². The lowest BCUT2D eigenvalue weighted by Gasteiger charge is -2.11. The molecule has 0 unspecified atom stereocenters. The third kappa shape index (κ3) is 7.84. The number of methoxy groups -OCH3 is 1. The lowest BCUT2D eigenvalue weighted by molar-refractivity contribution is -0.137. The molecular weight excluding hydrogens is 355 g/mol. The van der Waals surface area contributed by atoms with Crippen LogP contribution in [0.1, 0.15) is 12.5 Å². The largest absolute Gasteiger partial charge is 0.464 e. The van der Waals surface area contributed by atoms with Crippen molar-refractivity contribution >= 4 is 35.2 Å². The summed E-state index contributed by atoms with van der Waals surface area (Å²) < 4.78 is 20.3. The van der Waals surface area contributed by atoms with Crippen molar-refractivity contribution in [3.8, 4) is 5.75 Å². The Kier molecular flexibility index (Phi) is 10.2. The van der Waals surface area contributed by atoms with Gasteiger partial charge >= 0.3 is 5.97 Å². The van der Waals surface area contributed by atoms with Gasteiger partial charge in [-0.15, -0.1) is 0 Å². The minimum atomic E-state index is -0.393. The molecule has 0 N–H and O–H groups in total. The summed E-state index contributed by atoms with van der Waals surface area (Å²) in [7, 11) is 1.59. The van der Waals surface area contributed by atoms with Crippen molar-refractivity contribution in [2.45, 2.75) is 6.92 Å². The molecule has 0 bridgehead atoms. The minimum Gasteiger partial charge on any atom is -0.464 e. The monoisotopic (exact) mass is 374 g/mol. The summed E-state index contributed by atoms with van der Waals surface area (Å²) in [4.78, 5) is 11.2. The fraction of sp³-hybridized carbons (Fsp3) is 0.353. The van der Waals surface area contributed by atoms with Crippen LogP contribution in [0, 0.1) is 0 Å². The Morgan fingerprint density at radius 2 is 1.88 bits per heavy atom. The summed E-state index contributed by atoms with van der Waals surface area (Å²) in [6, 6.07) is 3.40. The first-order valence-electron chi connectivity index (χ1n) is 7.28. The molecule has 0 aliphatic heterocycles. The fourth-order valence-corrected chi connectivity index (χ4v) is 2.22. The summed E-state index contributed by atoms with van der Waals surface area (Å²) >= 11 is 12.3.